The average molecular weight is 258 g/mol. The minimum absolute atomic E-state index is 0.145. The topological polar surface area (TPSA) is 9.23 Å². The molecule has 1 aromatic rings. The second-order valence-corrected chi connectivity index (χ2v) is 5.10. The van der Waals surface area contributed by atoms with Gasteiger partial charge < -0.3 is 4.74 Å². The van der Waals surface area contributed by atoms with Gasteiger partial charge in [-0.3, -0.25) is 0 Å². The molecule has 1 rings (SSSR count). The first-order valence-electron chi connectivity index (χ1n) is 7.08. The van der Waals surface area contributed by atoms with Crippen LogP contribution in [0.2, 0.25) is 0 Å². The van der Waals surface area contributed by atoms with Gasteiger partial charge in [-0.2, -0.15) is 0 Å². The fourth-order valence-electron chi connectivity index (χ4n) is 2.68. The molecule has 1 aromatic carbocycles. The lowest BCUT2D eigenvalue weighted by Gasteiger charge is -2.33. The number of allylic oxidation sites excluding steroid dienone is 2. The van der Waals surface area contributed by atoms with Crippen LogP contribution in [0.3, 0.4) is 0 Å². The Morgan fingerprint density at radius 2 is 1.68 bits per heavy atom. The van der Waals surface area contributed by atoms with Gasteiger partial charge in [-0.25, -0.2) is 0 Å². The van der Waals surface area contributed by atoms with E-state index < -0.39 is 0 Å². The minimum Gasteiger partial charge on any atom is -0.497 e. The molecule has 0 saturated heterocycles. The Labute approximate surface area is 118 Å². The van der Waals surface area contributed by atoms with E-state index in [0.717, 1.165) is 18.6 Å². The molecule has 0 aliphatic rings. The van der Waals surface area contributed by atoms with Crippen molar-refractivity contribution in [3.63, 3.8) is 0 Å². The van der Waals surface area contributed by atoms with E-state index in [0.29, 0.717) is 0 Å². The molecule has 0 saturated carbocycles. The summed E-state index contributed by atoms with van der Waals surface area (Å²) in [5, 5.41) is 0. The van der Waals surface area contributed by atoms with Crippen molar-refractivity contribution in [1.29, 1.82) is 0 Å². The van der Waals surface area contributed by atoms with Crippen molar-refractivity contribution in [2.24, 2.45) is 0 Å². The number of ether oxygens (including phenoxy) is 1. The largest absolute Gasteiger partial charge is 0.497 e. The molecular weight excluding hydrogens is 232 g/mol. The Balaban J connectivity index is 3.09. The minimum atomic E-state index is 0.145. The summed E-state index contributed by atoms with van der Waals surface area (Å²) in [7, 11) is 1.70. The van der Waals surface area contributed by atoms with E-state index >= 15 is 0 Å². The van der Waals surface area contributed by atoms with E-state index in [9.17, 15) is 0 Å². The summed E-state index contributed by atoms with van der Waals surface area (Å²) in [6.45, 7) is 10.1. The third kappa shape index (κ3) is 3.99. The molecule has 19 heavy (non-hydrogen) atoms. The fraction of sp³-hybridized carbons (Fsp3) is 0.444. The van der Waals surface area contributed by atoms with Crippen LogP contribution in [0.25, 0.3) is 0 Å². The summed E-state index contributed by atoms with van der Waals surface area (Å²) in [5.41, 5.74) is 1.51. The second kappa shape index (κ2) is 7.83. The normalized spacial score (nSPS) is 11.1. The number of rotatable bonds is 9. The molecule has 0 unspecified atom stereocenters. The molecule has 0 bridgehead atoms. The predicted molar refractivity (Wildman–Crippen MR) is 83.8 cm³/mol. The molecule has 0 aromatic heterocycles. The number of methoxy groups -OCH3 is 1. The highest BCUT2D eigenvalue weighted by molar-refractivity contribution is 5.33. The summed E-state index contributed by atoms with van der Waals surface area (Å²) in [5.74, 6) is 0.908. The van der Waals surface area contributed by atoms with E-state index in [-0.39, 0.29) is 5.41 Å². The quantitative estimate of drug-likeness (QED) is 0.548. The zero-order chi connectivity index (χ0) is 14.1. The lowest BCUT2D eigenvalue weighted by Crippen LogP contribution is -2.25. The highest BCUT2D eigenvalue weighted by atomic mass is 16.5. The van der Waals surface area contributed by atoms with Gasteiger partial charge in [0.05, 0.1) is 7.11 Å². The van der Waals surface area contributed by atoms with E-state index in [4.69, 9.17) is 4.74 Å². The molecule has 0 spiro atoms. The molecule has 0 amide bonds. The Hall–Kier alpha value is -1.50. The lowest BCUT2D eigenvalue weighted by molar-refractivity contribution is 0.384. The highest BCUT2D eigenvalue weighted by Crippen LogP contribution is 2.38. The second-order valence-electron chi connectivity index (χ2n) is 5.10. The number of hydrogen-bond donors (Lipinski definition) is 0. The van der Waals surface area contributed by atoms with Gasteiger partial charge in [0.25, 0.3) is 0 Å². The maximum atomic E-state index is 5.24. The van der Waals surface area contributed by atoms with Gasteiger partial charge in [-0.15, -0.1) is 13.2 Å². The van der Waals surface area contributed by atoms with Crippen molar-refractivity contribution in [3.05, 3.63) is 55.1 Å². The van der Waals surface area contributed by atoms with Crippen LogP contribution in [-0.4, -0.2) is 7.11 Å². The van der Waals surface area contributed by atoms with Crippen molar-refractivity contribution in [1.82, 2.24) is 0 Å². The summed E-state index contributed by atoms with van der Waals surface area (Å²) in [4.78, 5) is 0. The monoisotopic (exact) mass is 258 g/mol. The first kappa shape index (κ1) is 15.6. The third-order valence-corrected chi connectivity index (χ3v) is 3.78. The maximum absolute atomic E-state index is 5.24. The molecule has 0 heterocycles. The van der Waals surface area contributed by atoms with Crippen LogP contribution in [-0.2, 0) is 5.41 Å². The molecule has 0 fully saturated rings. The van der Waals surface area contributed by atoms with Crippen molar-refractivity contribution >= 4 is 0 Å². The highest BCUT2D eigenvalue weighted by Gasteiger charge is 2.28. The van der Waals surface area contributed by atoms with E-state index in [1.54, 1.807) is 7.11 Å². The first-order chi connectivity index (χ1) is 9.22. The maximum Gasteiger partial charge on any atom is 0.118 e. The standard InChI is InChI=1S/C18H26O/c1-5-8-15-18(13-6-2,14-7-3)16-9-11-17(19-4)12-10-16/h6-7,9-12H,2-3,5,8,13-15H2,1,4H3. The van der Waals surface area contributed by atoms with E-state index in [1.807, 2.05) is 24.3 Å². The van der Waals surface area contributed by atoms with Gasteiger partial charge in [0, 0.05) is 5.41 Å². The molecule has 0 radical (unpaired) electrons. The van der Waals surface area contributed by atoms with Gasteiger partial charge in [0.1, 0.15) is 5.75 Å². The van der Waals surface area contributed by atoms with Gasteiger partial charge >= 0.3 is 0 Å². The Kier molecular flexibility index (Phi) is 6.41. The van der Waals surface area contributed by atoms with Gasteiger partial charge in [0.2, 0.25) is 0 Å². The van der Waals surface area contributed by atoms with Gasteiger partial charge in [-0.05, 0) is 37.0 Å². The smallest absolute Gasteiger partial charge is 0.118 e. The SMILES string of the molecule is C=CCC(CC=C)(CCCC)c1ccc(OC)cc1. The van der Waals surface area contributed by atoms with Crippen LogP contribution in [0, 0.1) is 0 Å². The van der Waals surface area contributed by atoms with Crippen LogP contribution in [0.4, 0.5) is 0 Å². The molecule has 0 atom stereocenters. The Morgan fingerprint density at radius 3 is 2.11 bits per heavy atom. The van der Waals surface area contributed by atoms with Crippen LogP contribution in [0.5, 0.6) is 5.75 Å². The zero-order valence-corrected chi connectivity index (χ0v) is 12.3. The summed E-state index contributed by atoms with van der Waals surface area (Å²) in [6, 6.07) is 8.45. The van der Waals surface area contributed by atoms with Crippen molar-refractivity contribution in [2.75, 3.05) is 7.11 Å². The predicted octanol–water partition coefficient (Wildman–Crippen LogP) is 5.28. The molecule has 0 aliphatic heterocycles. The molecule has 1 heteroatoms. The number of benzene rings is 1. The summed E-state index contributed by atoms with van der Waals surface area (Å²) >= 11 is 0. The average Bonchev–Trinajstić information content (AvgIpc) is 2.45. The Bertz CT molecular complexity index is 379. The van der Waals surface area contributed by atoms with Crippen LogP contribution >= 0.6 is 0 Å². The van der Waals surface area contributed by atoms with Crippen LogP contribution in [0.15, 0.2) is 49.6 Å². The fourth-order valence-corrected chi connectivity index (χ4v) is 2.68. The van der Waals surface area contributed by atoms with Crippen LogP contribution < -0.4 is 4.74 Å². The van der Waals surface area contributed by atoms with Crippen molar-refractivity contribution in [3.8, 4) is 5.75 Å². The molecule has 104 valence electrons. The van der Waals surface area contributed by atoms with Crippen molar-refractivity contribution < 1.29 is 4.74 Å². The molecule has 0 aliphatic carbocycles. The van der Waals surface area contributed by atoms with Gasteiger partial charge in [0.15, 0.2) is 0 Å². The zero-order valence-electron chi connectivity index (χ0n) is 12.3. The Morgan fingerprint density at radius 1 is 1.11 bits per heavy atom. The van der Waals surface area contributed by atoms with E-state index in [1.165, 1.54) is 24.8 Å². The summed E-state index contributed by atoms with van der Waals surface area (Å²) in [6.07, 6.45) is 9.66. The molecule has 1 nitrogen and oxygen atoms in total. The number of unbranched alkanes of at least 4 members (excludes halogenated alkanes) is 1. The lowest BCUT2D eigenvalue weighted by atomic mass is 9.71. The van der Waals surface area contributed by atoms with Gasteiger partial charge in [-0.1, -0.05) is 44.1 Å². The van der Waals surface area contributed by atoms with E-state index in [2.05, 4.69) is 32.2 Å². The van der Waals surface area contributed by atoms with Crippen LogP contribution in [0.1, 0.15) is 44.6 Å². The summed E-state index contributed by atoms with van der Waals surface area (Å²) < 4.78 is 5.24. The van der Waals surface area contributed by atoms with Crippen molar-refractivity contribution in [2.45, 2.75) is 44.4 Å². The first-order valence-corrected chi connectivity index (χ1v) is 7.08. The number of hydrogen-bond acceptors (Lipinski definition) is 1. The molecule has 0 N–H and O–H groups in total. The molecular formula is C18H26O. The third-order valence-electron chi connectivity index (χ3n) is 3.78.